The number of piperidine rings is 1. The van der Waals surface area contributed by atoms with E-state index in [1.165, 1.54) is 27.4 Å². The van der Waals surface area contributed by atoms with Crippen molar-refractivity contribution in [1.29, 1.82) is 0 Å². The zero-order valence-electron chi connectivity index (χ0n) is 13.9. The van der Waals surface area contributed by atoms with Crippen molar-refractivity contribution < 1.29 is 9.82 Å². The van der Waals surface area contributed by atoms with Crippen LogP contribution < -0.4 is 4.90 Å². The fraction of sp³-hybridized carbons (Fsp3) is 0.316. The zero-order chi connectivity index (χ0) is 17.2. The number of hydrogen-bond acceptors (Lipinski definition) is 4. The highest BCUT2D eigenvalue weighted by Gasteiger charge is 2.27. The number of fused-ring (bicyclic) bond motifs is 1. The molecule has 1 aromatic heterocycles. The largest absolute Gasteiger partial charge is 0.331 e. The highest BCUT2D eigenvalue weighted by molar-refractivity contribution is 7.18. The Kier molecular flexibility index (Phi) is 4.46. The van der Waals surface area contributed by atoms with E-state index in [2.05, 4.69) is 18.2 Å². The van der Waals surface area contributed by atoms with Gasteiger partial charge >= 0.3 is 0 Å². The molecule has 0 spiro atoms. The van der Waals surface area contributed by atoms with Crippen LogP contribution in [0.1, 0.15) is 29.3 Å². The Bertz CT molecular complexity index is 858. The van der Waals surface area contributed by atoms with Crippen LogP contribution in [0.25, 0.3) is 10.2 Å². The van der Waals surface area contributed by atoms with Crippen molar-refractivity contribution in [2.75, 3.05) is 13.1 Å². The first kappa shape index (κ1) is 16.2. The molecule has 1 aliphatic heterocycles. The summed E-state index contributed by atoms with van der Waals surface area (Å²) in [7, 11) is 0. The molecule has 4 rings (SSSR count). The Labute approximate surface area is 150 Å². The molecule has 5 nitrogen and oxygen atoms in total. The number of nitrogens with zero attached hydrogens (tertiary/aromatic N) is 2. The molecular weight excluding hydrogens is 334 g/mol. The lowest BCUT2D eigenvalue weighted by Crippen LogP contribution is -3.12. The minimum Gasteiger partial charge on any atom is -0.331 e. The molecule has 0 saturated carbocycles. The van der Waals surface area contributed by atoms with Crippen molar-refractivity contribution in [3.05, 3.63) is 69.2 Å². The normalized spacial score (nSPS) is 20.6. The number of nitrogens with one attached hydrogen (secondary N) is 1. The van der Waals surface area contributed by atoms with E-state index < -0.39 is 0 Å². The van der Waals surface area contributed by atoms with Crippen LogP contribution in [-0.4, -0.2) is 23.0 Å². The third kappa shape index (κ3) is 3.55. The second-order valence-electron chi connectivity index (χ2n) is 6.66. The monoisotopic (exact) mass is 354 g/mol. The maximum atomic E-state index is 10.8. The van der Waals surface area contributed by atoms with Gasteiger partial charge in [0.15, 0.2) is 0 Å². The molecule has 128 valence electrons. The van der Waals surface area contributed by atoms with Gasteiger partial charge in [0.1, 0.15) is 11.6 Å². The minimum absolute atomic E-state index is 0.157. The highest BCUT2D eigenvalue weighted by atomic mass is 32.1. The number of aromatic nitrogens is 1. The predicted octanol–water partition coefficient (Wildman–Crippen LogP) is 3.17. The zero-order valence-corrected chi connectivity index (χ0v) is 14.7. The van der Waals surface area contributed by atoms with Crippen LogP contribution in [0.15, 0.2) is 48.5 Å². The maximum Gasteiger partial charge on any atom is 0.269 e. The van der Waals surface area contributed by atoms with E-state index in [0.717, 1.165) is 30.7 Å². The average Bonchev–Trinajstić information content (AvgIpc) is 3.07. The molecule has 1 N–H and O–H groups in total. The van der Waals surface area contributed by atoms with Crippen molar-refractivity contribution in [3.63, 3.8) is 0 Å². The quantitative estimate of drug-likeness (QED) is 0.578. The molecule has 1 fully saturated rings. The molecule has 3 aromatic rings. The first-order valence-electron chi connectivity index (χ1n) is 8.61. The Balaban J connectivity index is 1.46. The summed E-state index contributed by atoms with van der Waals surface area (Å²) < 4.78 is 1.26. The van der Waals surface area contributed by atoms with Crippen molar-refractivity contribution in [3.8, 4) is 0 Å². The second kappa shape index (κ2) is 6.90. The molecule has 25 heavy (non-hydrogen) atoms. The van der Waals surface area contributed by atoms with E-state index in [0.29, 0.717) is 5.92 Å². The van der Waals surface area contributed by atoms with Gasteiger partial charge in [0.2, 0.25) is 0 Å². The summed E-state index contributed by atoms with van der Waals surface area (Å²) in [6, 6.07) is 15.3. The number of para-hydroxylation sites is 1. The lowest BCUT2D eigenvalue weighted by Gasteiger charge is -2.28. The van der Waals surface area contributed by atoms with Gasteiger partial charge in [-0.2, -0.15) is 0 Å². The molecule has 2 aromatic carbocycles. The first-order valence-corrected chi connectivity index (χ1v) is 9.43. The topological polar surface area (TPSA) is 60.5 Å². The van der Waals surface area contributed by atoms with Crippen LogP contribution in [-0.2, 0) is 6.54 Å². The van der Waals surface area contributed by atoms with E-state index in [1.54, 1.807) is 12.1 Å². The number of non-ortho nitro benzene ring substituents is 1. The SMILES string of the molecule is O=[N+]([O-])c1ccc(C[NH+]2CCC[C@H](c3nc4ccccc4s3)C2)cc1. The van der Waals surface area contributed by atoms with E-state index >= 15 is 0 Å². The van der Waals surface area contributed by atoms with Gasteiger partial charge in [-0.3, -0.25) is 10.1 Å². The number of hydrogen-bond donors (Lipinski definition) is 1. The fourth-order valence-electron chi connectivity index (χ4n) is 3.61. The number of rotatable bonds is 4. The predicted molar refractivity (Wildman–Crippen MR) is 99.1 cm³/mol. The molecule has 6 heteroatoms. The van der Waals surface area contributed by atoms with Crippen LogP contribution in [0, 0.1) is 10.1 Å². The summed E-state index contributed by atoms with van der Waals surface area (Å²) in [4.78, 5) is 16.8. The van der Waals surface area contributed by atoms with E-state index in [9.17, 15) is 10.1 Å². The summed E-state index contributed by atoms with van der Waals surface area (Å²) in [5.74, 6) is 0.513. The van der Waals surface area contributed by atoms with Crippen molar-refractivity contribution in [2.24, 2.45) is 0 Å². The van der Waals surface area contributed by atoms with Gasteiger partial charge in [0.25, 0.3) is 5.69 Å². The van der Waals surface area contributed by atoms with Crippen molar-refractivity contribution >= 4 is 27.2 Å². The Morgan fingerprint density at radius 1 is 1.20 bits per heavy atom. The molecule has 2 atom stereocenters. The van der Waals surface area contributed by atoms with Crippen LogP contribution in [0.5, 0.6) is 0 Å². The van der Waals surface area contributed by atoms with Crippen LogP contribution in [0.2, 0.25) is 0 Å². The lowest BCUT2D eigenvalue weighted by atomic mass is 9.98. The maximum absolute atomic E-state index is 10.8. The molecule has 0 aliphatic carbocycles. The third-order valence-electron chi connectivity index (χ3n) is 4.88. The smallest absolute Gasteiger partial charge is 0.269 e. The van der Waals surface area contributed by atoms with Crippen molar-refractivity contribution in [1.82, 2.24) is 4.98 Å². The van der Waals surface area contributed by atoms with Gasteiger partial charge in [-0.05, 0) is 37.1 Å². The first-order chi connectivity index (χ1) is 12.2. The second-order valence-corrected chi connectivity index (χ2v) is 7.73. The van der Waals surface area contributed by atoms with Crippen LogP contribution in [0.3, 0.4) is 0 Å². The summed E-state index contributed by atoms with van der Waals surface area (Å²) >= 11 is 1.82. The Morgan fingerprint density at radius 2 is 2.00 bits per heavy atom. The highest BCUT2D eigenvalue weighted by Crippen LogP contribution is 2.30. The van der Waals surface area contributed by atoms with Crippen molar-refractivity contribution in [2.45, 2.75) is 25.3 Å². The molecule has 0 radical (unpaired) electrons. The minimum atomic E-state index is -0.347. The standard InChI is InChI=1S/C19H19N3O2S/c23-22(24)16-9-7-14(8-10-16)12-21-11-3-4-15(13-21)19-20-17-5-1-2-6-18(17)25-19/h1-2,5-10,15H,3-4,11-13H2/p+1/t15-/m0/s1. The number of nitro groups is 1. The number of nitro benzene ring substituents is 1. The number of benzene rings is 2. The number of quaternary nitrogens is 1. The van der Waals surface area contributed by atoms with Gasteiger partial charge in [0, 0.05) is 17.7 Å². The summed E-state index contributed by atoms with van der Waals surface area (Å²) in [6.45, 7) is 3.15. The Morgan fingerprint density at radius 3 is 2.76 bits per heavy atom. The van der Waals surface area contributed by atoms with Gasteiger partial charge in [-0.1, -0.05) is 12.1 Å². The van der Waals surface area contributed by atoms with Gasteiger partial charge < -0.3 is 4.90 Å². The molecule has 1 unspecified atom stereocenters. The van der Waals surface area contributed by atoms with E-state index in [4.69, 9.17) is 4.98 Å². The molecule has 0 amide bonds. The summed E-state index contributed by atoms with van der Waals surface area (Å²) in [5.41, 5.74) is 2.42. The van der Waals surface area contributed by atoms with Gasteiger partial charge in [-0.25, -0.2) is 4.98 Å². The van der Waals surface area contributed by atoms with E-state index in [1.807, 2.05) is 29.5 Å². The summed E-state index contributed by atoms with van der Waals surface area (Å²) in [6.07, 6.45) is 2.40. The lowest BCUT2D eigenvalue weighted by molar-refractivity contribution is -0.920. The van der Waals surface area contributed by atoms with Crippen LogP contribution in [0.4, 0.5) is 5.69 Å². The number of likely N-dealkylation sites (tertiary alicyclic amines) is 1. The molecular formula is C19H20N3O2S+. The molecule has 0 bridgehead atoms. The molecule has 1 saturated heterocycles. The van der Waals surface area contributed by atoms with E-state index in [-0.39, 0.29) is 10.6 Å². The fourth-order valence-corrected chi connectivity index (χ4v) is 4.71. The Hall–Kier alpha value is -2.31. The van der Waals surface area contributed by atoms with Gasteiger partial charge in [0.05, 0.1) is 34.1 Å². The van der Waals surface area contributed by atoms with Gasteiger partial charge in [-0.15, -0.1) is 11.3 Å². The third-order valence-corrected chi connectivity index (χ3v) is 6.08. The number of thiazole rings is 1. The summed E-state index contributed by atoms with van der Waals surface area (Å²) in [5, 5.41) is 12.0. The molecule has 2 heterocycles. The van der Waals surface area contributed by atoms with Crippen LogP contribution >= 0.6 is 11.3 Å². The average molecular weight is 354 g/mol. The molecule has 1 aliphatic rings.